The van der Waals surface area contributed by atoms with Crippen molar-refractivity contribution < 1.29 is 17.9 Å². The van der Waals surface area contributed by atoms with E-state index >= 15 is 0 Å². The molecule has 164 valence electrons. The van der Waals surface area contributed by atoms with Crippen LogP contribution < -0.4 is 14.4 Å². The van der Waals surface area contributed by atoms with Crippen molar-refractivity contribution in [2.45, 2.75) is 46.1 Å². The number of methoxy groups -OCH3 is 1. The van der Waals surface area contributed by atoms with Crippen LogP contribution in [0.3, 0.4) is 0 Å². The summed E-state index contributed by atoms with van der Waals surface area (Å²) in [6.07, 6.45) is 3.74. The Morgan fingerprint density at radius 1 is 1.03 bits per heavy atom. The number of carbonyl (C=O) groups is 1. The van der Waals surface area contributed by atoms with Gasteiger partial charge in [0.1, 0.15) is 5.75 Å². The second kappa shape index (κ2) is 11.0. The smallest absolute Gasteiger partial charge is 0.232 e. The highest BCUT2D eigenvalue weighted by molar-refractivity contribution is 7.92. The minimum absolute atomic E-state index is 0.0814. The molecule has 0 fully saturated rings. The standard InChI is InChI=1S/C23H32N2O4S/c1-5-18-9-10-19(6-2)20(16-18)17-24-23(26)8-7-15-25(30(4,27)28)21-11-13-22(29-3)14-12-21/h9-14,16H,5-8,15,17H2,1-4H3,(H,24,26). The third-order valence-electron chi connectivity index (χ3n) is 5.06. The summed E-state index contributed by atoms with van der Waals surface area (Å²) in [6, 6.07) is 13.2. The van der Waals surface area contributed by atoms with Crippen molar-refractivity contribution in [3.63, 3.8) is 0 Å². The highest BCUT2D eigenvalue weighted by atomic mass is 32.2. The highest BCUT2D eigenvalue weighted by Crippen LogP contribution is 2.22. The monoisotopic (exact) mass is 432 g/mol. The molecule has 1 amide bonds. The van der Waals surface area contributed by atoms with Crippen LogP contribution in [0.5, 0.6) is 5.75 Å². The summed E-state index contributed by atoms with van der Waals surface area (Å²) < 4.78 is 30.8. The molecule has 0 unspecified atom stereocenters. The number of hydrogen-bond donors (Lipinski definition) is 1. The molecule has 0 heterocycles. The zero-order chi connectivity index (χ0) is 22.1. The van der Waals surface area contributed by atoms with E-state index in [9.17, 15) is 13.2 Å². The molecule has 30 heavy (non-hydrogen) atoms. The van der Waals surface area contributed by atoms with E-state index in [1.54, 1.807) is 31.4 Å². The highest BCUT2D eigenvalue weighted by Gasteiger charge is 2.17. The number of rotatable bonds is 11. The van der Waals surface area contributed by atoms with Crippen LogP contribution in [0.1, 0.15) is 43.4 Å². The Morgan fingerprint density at radius 3 is 2.30 bits per heavy atom. The topological polar surface area (TPSA) is 75.7 Å². The number of anilines is 1. The van der Waals surface area contributed by atoms with Crippen molar-refractivity contribution in [2.24, 2.45) is 0 Å². The van der Waals surface area contributed by atoms with E-state index in [0.717, 1.165) is 18.4 Å². The average molecular weight is 433 g/mol. The summed E-state index contributed by atoms with van der Waals surface area (Å²) >= 11 is 0. The van der Waals surface area contributed by atoms with Crippen molar-refractivity contribution >= 4 is 21.6 Å². The summed E-state index contributed by atoms with van der Waals surface area (Å²) in [7, 11) is -1.89. The largest absolute Gasteiger partial charge is 0.497 e. The zero-order valence-electron chi connectivity index (χ0n) is 18.3. The Hall–Kier alpha value is -2.54. The lowest BCUT2D eigenvalue weighted by atomic mass is 10.0. The Labute approximate surface area is 180 Å². The molecule has 0 aromatic heterocycles. The van der Waals surface area contributed by atoms with Gasteiger partial charge in [-0.15, -0.1) is 0 Å². The van der Waals surface area contributed by atoms with Gasteiger partial charge in [-0.3, -0.25) is 9.10 Å². The summed E-state index contributed by atoms with van der Waals surface area (Å²) in [5, 5.41) is 2.97. The molecule has 6 nitrogen and oxygen atoms in total. The fourth-order valence-corrected chi connectivity index (χ4v) is 4.27. The number of nitrogens with zero attached hydrogens (tertiary/aromatic N) is 1. The molecule has 0 radical (unpaired) electrons. The fraction of sp³-hybridized carbons (Fsp3) is 0.435. The first-order valence-corrected chi connectivity index (χ1v) is 12.1. The van der Waals surface area contributed by atoms with Crippen LogP contribution in [0.15, 0.2) is 42.5 Å². The molecule has 2 rings (SSSR count). The van der Waals surface area contributed by atoms with Gasteiger partial charge in [-0.05, 0) is 60.2 Å². The molecule has 0 aliphatic carbocycles. The predicted molar refractivity (Wildman–Crippen MR) is 121 cm³/mol. The van der Waals surface area contributed by atoms with Gasteiger partial charge < -0.3 is 10.1 Å². The first-order valence-electron chi connectivity index (χ1n) is 10.3. The lowest BCUT2D eigenvalue weighted by Crippen LogP contribution is -2.32. The number of amides is 1. The molecule has 0 saturated heterocycles. The maximum absolute atomic E-state index is 12.3. The van der Waals surface area contributed by atoms with Gasteiger partial charge in [0.15, 0.2) is 0 Å². The maximum Gasteiger partial charge on any atom is 0.232 e. The molecule has 0 bridgehead atoms. The molecule has 7 heteroatoms. The summed E-state index contributed by atoms with van der Waals surface area (Å²) in [6.45, 7) is 4.94. The molecule has 2 aromatic rings. The number of sulfonamides is 1. The Kier molecular flexibility index (Phi) is 8.72. The molecule has 0 spiro atoms. The van der Waals surface area contributed by atoms with Crippen molar-refractivity contribution in [3.8, 4) is 5.75 Å². The van der Waals surface area contributed by atoms with Crippen molar-refractivity contribution in [1.82, 2.24) is 5.32 Å². The zero-order valence-corrected chi connectivity index (χ0v) is 19.1. The number of ether oxygens (including phenoxy) is 1. The van der Waals surface area contributed by atoms with E-state index in [1.165, 1.54) is 21.7 Å². The first-order chi connectivity index (χ1) is 14.3. The van der Waals surface area contributed by atoms with E-state index in [1.807, 2.05) is 0 Å². The summed E-state index contributed by atoms with van der Waals surface area (Å²) in [5.41, 5.74) is 4.18. The Morgan fingerprint density at radius 2 is 1.73 bits per heavy atom. The van der Waals surface area contributed by atoms with Crippen LogP contribution in [0.25, 0.3) is 0 Å². The minimum atomic E-state index is -3.45. The van der Waals surface area contributed by atoms with Gasteiger partial charge in [0.25, 0.3) is 0 Å². The summed E-state index contributed by atoms with van der Waals surface area (Å²) in [4.78, 5) is 12.3. The van der Waals surface area contributed by atoms with Crippen LogP contribution in [0, 0.1) is 0 Å². The van der Waals surface area contributed by atoms with Crippen LogP contribution in [0.2, 0.25) is 0 Å². The lowest BCUT2D eigenvalue weighted by Gasteiger charge is -2.22. The molecule has 0 atom stereocenters. The lowest BCUT2D eigenvalue weighted by molar-refractivity contribution is -0.121. The van der Waals surface area contributed by atoms with Gasteiger partial charge in [0.05, 0.1) is 19.1 Å². The van der Waals surface area contributed by atoms with Gasteiger partial charge in [-0.1, -0.05) is 32.0 Å². The molecular formula is C23H32N2O4S. The number of hydrogen-bond acceptors (Lipinski definition) is 4. The molecule has 0 saturated carbocycles. The number of carbonyl (C=O) groups excluding carboxylic acids is 1. The molecule has 0 aliphatic heterocycles. The number of aryl methyl sites for hydroxylation is 2. The second-order valence-electron chi connectivity index (χ2n) is 7.22. The number of benzene rings is 2. The van der Waals surface area contributed by atoms with Crippen LogP contribution in [-0.2, 0) is 34.2 Å². The van der Waals surface area contributed by atoms with Gasteiger partial charge in [-0.2, -0.15) is 0 Å². The van der Waals surface area contributed by atoms with E-state index in [4.69, 9.17) is 4.74 Å². The third-order valence-corrected chi connectivity index (χ3v) is 6.26. The van der Waals surface area contributed by atoms with Crippen molar-refractivity contribution in [1.29, 1.82) is 0 Å². The Bertz CT molecular complexity index is 940. The normalized spacial score (nSPS) is 11.2. The molecular weight excluding hydrogens is 400 g/mol. The van der Waals surface area contributed by atoms with Crippen molar-refractivity contribution in [3.05, 3.63) is 59.2 Å². The number of nitrogens with one attached hydrogen (secondary N) is 1. The average Bonchev–Trinajstić information content (AvgIpc) is 2.74. The van der Waals surface area contributed by atoms with Crippen LogP contribution in [-0.4, -0.2) is 34.2 Å². The second-order valence-corrected chi connectivity index (χ2v) is 9.13. The third kappa shape index (κ3) is 6.76. The Balaban J connectivity index is 1.93. The SMILES string of the molecule is CCc1ccc(CC)c(CNC(=O)CCCN(c2ccc(OC)cc2)S(C)(=O)=O)c1. The summed E-state index contributed by atoms with van der Waals surface area (Å²) in [5.74, 6) is 0.576. The molecule has 2 aromatic carbocycles. The molecule has 0 aliphatic rings. The quantitative estimate of drug-likeness (QED) is 0.588. The van der Waals surface area contributed by atoms with Crippen molar-refractivity contribution in [2.75, 3.05) is 24.2 Å². The fourth-order valence-electron chi connectivity index (χ4n) is 3.31. The first kappa shape index (κ1) is 23.7. The van der Waals surface area contributed by atoms with Gasteiger partial charge in [0.2, 0.25) is 15.9 Å². The van der Waals surface area contributed by atoms with Gasteiger partial charge >= 0.3 is 0 Å². The van der Waals surface area contributed by atoms with Crippen LogP contribution in [0.4, 0.5) is 5.69 Å². The van der Waals surface area contributed by atoms with Crippen LogP contribution >= 0.6 is 0 Å². The predicted octanol–water partition coefficient (Wildman–Crippen LogP) is 3.68. The van der Waals surface area contributed by atoms with E-state index in [0.29, 0.717) is 24.4 Å². The van der Waals surface area contributed by atoms with Gasteiger partial charge in [-0.25, -0.2) is 8.42 Å². The van der Waals surface area contributed by atoms with E-state index < -0.39 is 10.0 Å². The van der Waals surface area contributed by atoms with E-state index in [2.05, 4.69) is 37.4 Å². The van der Waals surface area contributed by atoms with E-state index in [-0.39, 0.29) is 18.9 Å². The maximum atomic E-state index is 12.3. The minimum Gasteiger partial charge on any atom is -0.497 e. The van der Waals surface area contributed by atoms with Gasteiger partial charge in [0, 0.05) is 19.5 Å². The molecule has 1 N–H and O–H groups in total.